The molecule has 1 aromatic heterocycles. The number of hydrogen-bond donors (Lipinski definition) is 4. The molecular formula is C28H33N5O3. The quantitative estimate of drug-likeness (QED) is 0.311. The number of carbonyl (C=O) groups excluding carboxylic acids is 1. The van der Waals surface area contributed by atoms with Crippen molar-refractivity contribution in [1.82, 2.24) is 5.32 Å². The van der Waals surface area contributed by atoms with Crippen LogP contribution >= 0.6 is 0 Å². The Morgan fingerprint density at radius 1 is 1.17 bits per heavy atom. The Balaban J connectivity index is 1.44. The molecule has 5 N–H and O–H groups in total. The number of piperidine rings is 1. The van der Waals surface area contributed by atoms with E-state index in [1.807, 2.05) is 37.3 Å². The van der Waals surface area contributed by atoms with Gasteiger partial charge in [-0.2, -0.15) is 5.10 Å². The van der Waals surface area contributed by atoms with Gasteiger partial charge < -0.3 is 30.9 Å². The van der Waals surface area contributed by atoms with Gasteiger partial charge in [-0.1, -0.05) is 18.2 Å². The Morgan fingerprint density at radius 3 is 2.69 bits per heavy atom. The number of amides is 1. The molecule has 2 atom stereocenters. The third-order valence-corrected chi connectivity index (χ3v) is 6.96. The van der Waals surface area contributed by atoms with Crippen molar-refractivity contribution in [2.45, 2.75) is 51.8 Å². The fraction of sp³-hybridized carbons (Fsp3) is 0.357. The Kier molecular flexibility index (Phi) is 6.69. The summed E-state index contributed by atoms with van der Waals surface area (Å²) in [7, 11) is 0. The Labute approximate surface area is 211 Å². The molecule has 2 aliphatic heterocycles. The first kappa shape index (κ1) is 23.9. The van der Waals surface area contributed by atoms with Gasteiger partial charge in [-0.3, -0.25) is 4.79 Å². The Bertz CT molecular complexity index is 1290. The second-order valence-corrected chi connectivity index (χ2v) is 9.68. The highest BCUT2D eigenvalue weighted by molar-refractivity contribution is 6.12. The van der Waals surface area contributed by atoms with Crippen LogP contribution in [0, 0.1) is 13.8 Å². The average Bonchev–Trinajstić information content (AvgIpc) is 3.44. The summed E-state index contributed by atoms with van der Waals surface area (Å²) < 4.78 is 6.03. The van der Waals surface area contributed by atoms with Crippen molar-refractivity contribution in [3.8, 4) is 0 Å². The molecule has 0 saturated carbocycles. The van der Waals surface area contributed by atoms with Crippen LogP contribution in [0.15, 0.2) is 58.0 Å². The van der Waals surface area contributed by atoms with Crippen molar-refractivity contribution in [2.24, 2.45) is 10.9 Å². The number of anilines is 2. The first-order chi connectivity index (χ1) is 17.4. The fourth-order valence-electron chi connectivity index (χ4n) is 5.16. The van der Waals surface area contributed by atoms with E-state index in [1.54, 1.807) is 0 Å². The summed E-state index contributed by atoms with van der Waals surface area (Å²) in [5.41, 5.74) is 5.98. The molecule has 3 heterocycles. The van der Waals surface area contributed by atoms with Crippen molar-refractivity contribution in [1.29, 1.82) is 0 Å². The van der Waals surface area contributed by atoms with Gasteiger partial charge in [0.05, 0.1) is 6.42 Å². The fourth-order valence-corrected chi connectivity index (χ4v) is 5.16. The molecule has 0 spiro atoms. The maximum atomic E-state index is 13.4. The van der Waals surface area contributed by atoms with Gasteiger partial charge in [-0.15, -0.1) is 0 Å². The lowest BCUT2D eigenvalue weighted by Gasteiger charge is -2.32. The smallest absolute Gasteiger partial charge is 0.225 e. The van der Waals surface area contributed by atoms with Gasteiger partial charge in [0.1, 0.15) is 23.3 Å². The Hall–Kier alpha value is -3.78. The van der Waals surface area contributed by atoms with Crippen molar-refractivity contribution in [2.75, 3.05) is 23.3 Å². The summed E-state index contributed by atoms with van der Waals surface area (Å²) in [5, 5.41) is 20.0. The van der Waals surface area contributed by atoms with Crippen molar-refractivity contribution in [3.63, 3.8) is 0 Å². The first-order valence-electron chi connectivity index (χ1n) is 12.5. The number of carbonyl (C=O) groups is 1. The molecule has 2 unspecified atom stereocenters. The van der Waals surface area contributed by atoms with Crippen LogP contribution in [0.25, 0.3) is 0 Å². The average molecular weight is 488 g/mol. The molecule has 8 nitrogen and oxygen atoms in total. The van der Waals surface area contributed by atoms with Crippen molar-refractivity contribution in [3.05, 3.63) is 82.3 Å². The summed E-state index contributed by atoms with van der Waals surface area (Å²) in [6, 6.07) is 15.4. The van der Waals surface area contributed by atoms with E-state index in [2.05, 4.69) is 45.8 Å². The zero-order valence-electron chi connectivity index (χ0n) is 20.8. The third-order valence-electron chi connectivity index (χ3n) is 6.96. The van der Waals surface area contributed by atoms with Gasteiger partial charge in [0, 0.05) is 35.6 Å². The minimum absolute atomic E-state index is 0.128. The van der Waals surface area contributed by atoms with Crippen LogP contribution in [0.3, 0.4) is 0 Å². The van der Waals surface area contributed by atoms with Crippen LogP contribution in [0.1, 0.15) is 59.1 Å². The lowest BCUT2D eigenvalue weighted by atomic mass is 9.97. The molecule has 2 aromatic carbocycles. The van der Waals surface area contributed by atoms with Gasteiger partial charge in [0.15, 0.2) is 6.23 Å². The van der Waals surface area contributed by atoms with Crippen LogP contribution in [0.4, 0.5) is 11.4 Å². The summed E-state index contributed by atoms with van der Waals surface area (Å²) in [4.78, 5) is 15.8. The normalized spacial score (nSPS) is 19.1. The number of aliphatic hydroxyl groups excluding tert-OH is 1. The predicted molar refractivity (Wildman–Crippen MR) is 141 cm³/mol. The van der Waals surface area contributed by atoms with E-state index in [1.165, 1.54) is 24.8 Å². The van der Waals surface area contributed by atoms with Gasteiger partial charge in [0.25, 0.3) is 0 Å². The molecule has 3 aromatic rings. The number of nitrogens with one attached hydrogen (secondary N) is 2. The molecule has 5 rings (SSSR count). The van der Waals surface area contributed by atoms with E-state index >= 15 is 0 Å². The number of rotatable bonds is 6. The Morgan fingerprint density at radius 2 is 1.97 bits per heavy atom. The number of nitrogens with two attached hydrogens (primary N) is 1. The van der Waals surface area contributed by atoms with E-state index in [9.17, 15) is 9.90 Å². The van der Waals surface area contributed by atoms with Crippen LogP contribution in [0.2, 0.25) is 0 Å². The van der Waals surface area contributed by atoms with E-state index in [4.69, 9.17) is 10.3 Å². The largest absolute Gasteiger partial charge is 0.464 e. The molecule has 1 saturated heterocycles. The standard InChI is InChI=1S/C28H33N5O3/c1-17-6-9-20(23(14-17)33-12-4-3-5-13-33)26(24-11-7-18(2)36-24)31-25(34)16-19-8-10-22-21(15-19)27(32-29)28(35)30-22/h6-11,14-15,26,28,30,35H,3-5,12-13,16,29H2,1-2H3,(H,31,34)/b32-27-. The molecule has 1 fully saturated rings. The lowest BCUT2D eigenvalue weighted by Crippen LogP contribution is -2.34. The van der Waals surface area contributed by atoms with Crippen LogP contribution < -0.4 is 21.4 Å². The maximum Gasteiger partial charge on any atom is 0.225 e. The topological polar surface area (TPSA) is 116 Å². The summed E-state index contributed by atoms with van der Waals surface area (Å²) in [5.74, 6) is 6.85. The third kappa shape index (κ3) is 4.81. The number of benzene rings is 2. The molecule has 1 amide bonds. The summed E-state index contributed by atoms with van der Waals surface area (Å²) in [6.45, 7) is 6.02. The predicted octanol–water partition coefficient (Wildman–Crippen LogP) is 3.74. The second kappa shape index (κ2) is 10.1. The molecular weight excluding hydrogens is 454 g/mol. The van der Waals surface area contributed by atoms with E-state index in [0.29, 0.717) is 17.0 Å². The minimum atomic E-state index is -0.949. The SMILES string of the molecule is Cc1ccc(C(NC(=O)Cc2ccc3c(c2)/C(=N/N)C(O)N3)c2ccc(C)o2)c(N2CCCCC2)c1. The number of aliphatic hydroxyl groups is 1. The maximum absolute atomic E-state index is 13.4. The van der Waals surface area contributed by atoms with Gasteiger partial charge >= 0.3 is 0 Å². The van der Waals surface area contributed by atoms with E-state index in [0.717, 1.165) is 41.4 Å². The molecule has 2 aliphatic rings. The van der Waals surface area contributed by atoms with E-state index < -0.39 is 12.3 Å². The minimum Gasteiger partial charge on any atom is -0.464 e. The number of hydrogen-bond acceptors (Lipinski definition) is 7. The molecule has 8 heteroatoms. The molecule has 0 bridgehead atoms. The zero-order chi connectivity index (χ0) is 25.2. The number of furan rings is 1. The van der Waals surface area contributed by atoms with E-state index in [-0.39, 0.29) is 12.3 Å². The monoisotopic (exact) mass is 487 g/mol. The second-order valence-electron chi connectivity index (χ2n) is 9.68. The van der Waals surface area contributed by atoms with Crippen LogP contribution in [-0.2, 0) is 11.2 Å². The van der Waals surface area contributed by atoms with Crippen molar-refractivity contribution < 1.29 is 14.3 Å². The molecule has 188 valence electrons. The number of nitrogens with zero attached hydrogens (tertiary/aromatic N) is 2. The van der Waals surface area contributed by atoms with Crippen LogP contribution in [-0.4, -0.2) is 36.0 Å². The summed E-state index contributed by atoms with van der Waals surface area (Å²) >= 11 is 0. The molecule has 36 heavy (non-hydrogen) atoms. The number of hydrazone groups is 1. The first-order valence-corrected chi connectivity index (χ1v) is 12.5. The van der Waals surface area contributed by atoms with Gasteiger partial charge in [0.2, 0.25) is 5.91 Å². The number of fused-ring (bicyclic) bond motifs is 1. The zero-order valence-corrected chi connectivity index (χ0v) is 20.8. The van der Waals surface area contributed by atoms with Crippen LogP contribution in [0.5, 0.6) is 0 Å². The highest BCUT2D eigenvalue weighted by atomic mass is 16.3. The highest BCUT2D eigenvalue weighted by Gasteiger charge is 2.28. The summed E-state index contributed by atoms with van der Waals surface area (Å²) in [6.07, 6.45) is 2.80. The lowest BCUT2D eigenvalue weighted by molar-refractivity contribution is -0.121. The van der Waals surface area contributed by atoms with Gasteiger partial charge in [-0.25, -0.2) is 0 Å². The molecule has 0 radical (unpaired) electrons. The highest BCUT2D eigenvalue weighted by Crippen LogP contribution is 2.34. The number of aryl methyl sites for hydroxylation is 2. The molecule has 0 aliphatic carbocycles. The van der Waals surface area contributed by atoms with Crippen molar-refractivity contribution >= 4 is 23.0 Å². The van der Waals surface area contributed by atoms with Gasteiger partial charge in [-0.05, 0) is 74.6 Å².